The van der Waals surface area contributed by atoms with Crippen LogP contribution in [0.2, 0.25) is 0 Å². The fourth-order valence-electron chi connectivity index (χ4n) is 3.17. The number of para-hydroxylation sites is 1. The summed E-state index contributed by atoms with van der Waals surface area (Å²) in [5.41, 5.74) is 0.610. The van der Waals surface area contributed by atoms with Crippen molar-refractivity contribution in [1.82, 2.24) is 15.0 Å². The molecule has 1 aromatic carbocycles. The number of anilines is 1. The van der Waals surface area contributed by atoms with Crippen molar-refractivity contribution in [2.45, 2.75) is 39.0 Å². The molecule has 2 aromatic rings. The van der Waals surface area contributed by atoms with E-state index >= 15 is 0 Å². The molecule has 1 aliphatic heterocycles. The minimum Gasteiger partial charge on any atom is -0.366 e. The van der Waals surface area contributed by atoms with Gasteiger partial charge in [-0.05, 0) is 25.0 Å². The monoisotopic (exact) mass is 360 g/mol. The van der Waals surface area contributed by atoms with Gasteiger partial charge in [-0.15, -0.1) is 0 Å². The Hall–Kier alpha value is -2.44. The molecule has 0 N–H and O–H groups in total. The average Bonchev–Trinajstić information content (AvgIpc) is 3.10. The average molecular weight is 360 g/mol. The Balaban J connectivity index is 1.41. The number of hydrogen-bond donors (Lipinski definition) is 0. The zero-order chi connectivity index (χ0) is 18.4. The van der Waals surface area contributed by atoms with E-state index in [0.29, 0.717) is 57.0 Å². The number of carbonyl (C=O) groups is 1. The summed E-state index contributed by atoms with van der Waals surface area (Å²) in [5, 5.41) is 3.92. The summed E-state index contributed by atoms with van der Waals surface area (Å²) >= 11 is 0. The van der Waals surface area contributed by atoms with E-state index < -0.39 is 0 Å². The summed E-state index contributed by atoms with van der Waals surface area (Å²) in [4.78, 5) is 20.5. The Morgan fingerprint density at radius 2 is 1.96 bits per heavy atom. The molecular formula is C19H25FN4O2. The number of piperazine rings is 1. The lowest BCUT2D eigenvalue weighted by molar-refractivity contribution is -0.131. The highest BCUT2D eigenvalue weighted by atomic mass is 19.1. The summed E-state index contributed by atoms with van der Waals surface area (Å²) < 4.78 is 19.1. The first-order valence-electron chi connectivity index (χ1n) is 9.26. The number of hydrogen-bond acceptors (Lipinski definition) is 5. The first-order chi connectivity index (χ1) is 12.7. The molecule has 2 heterocycles. The minimum atomic E-state index is -0.214. The van der Waals surface area contributed by atoms with Crippen LogP contribution in [0.3, 0.4) is 0 Å². The molecule has 1 aromatic heterocycles. The van der Waals surface area contributed by atoms with Crippen LogP contribution in [0.1, 0.15) is 37.9 Å². The Bertz CT molecular complexity index is 726. The number of carbonyl (C=O) groups excluding carboxylic acids is 1. The van der Waals surface area contributed by atoms with Gasteiger partial charge in [0.2, 0.25) is 11.8 Å². The molecule has 3 rings (SSSR count). The number of benzene rings is 1. The first-order valence-corrected chi connectivity index (χ1v) is 9.26. The third-order valence-electron chi connectivity index (χ3n) is 4.59. The van der Waals surface area contributed by atoms with Gasteiger partial charge in [0, 0.05) is 45.4 Å². The summed E-state index contributed by atoms with van der Waals surface area (Å²) in [6, 6.07) is 6.77. The van der Waals surface area contributed by atoms with Crippen molar-refractivity contribution in [3.8, 4) is 0 Å². The summed E-state index contributed by atoms with van der Waals surface area (Å²) in [7, 11) is 0. The molecule has 0 atom stereocenters. The van der Waals surface area contributed by atoms with Gasteiger partial charge in [-0.1, -0.05) is 24.2 Å². The molecule has 1 saturated heterocycles. The smallest absolute Gasteiger partial charge is 0.226 e. The molecule has 0 spiro atoms. The largest absolute Gasteiger partial charge is 0.366 e. The maximum Gasteiger partial charge on any atom is 0.226 e. The van der Waals surface area contributed by atoms with Crippen LogP contribution >= 0.6 is 0 Å². The van der Waals surface area contributed by atoms with Crippen LogP contribution in [0.15, 0.2) is 28.8 Å². The zero-order valence-electron chi connectivity index (χ0n) is 15.2. The van der Waals surface area contributed by atoms with Crippen LogP contribution in [0, 0.1) is 5.82 Å². The second kappa shape index (κ2) is 8.78. The molecule has 140 valence electrons. The van der Waals surface area contributed by atoms with Gasteiger partial charge in [-0.25, -0.2) is 4.39 Å². The highest BCUT2D eigenvalue weighted by molar-refractivity contribution is 5.76. The van der Waals surface area contributed by atoms with Gasteiger partial charge in [0.15, 0.2) is 5.82 Å². The van der Waals surface area contributed by atoms with E-state index in [2.05, 4.69) is 17.1 Å². The standard InChI is InChI=1S/C19H25FN4O2/c1-2-6-17-21-18(26-22-17)9-5-10-19(25)24-13-11-23(12-14-24)16-8-4-3-7-15(16)20/h3-4,7-8H,2,5-6,9-14H2,1H3. The molecule has 0 bridgehead atoms. The van der Waals surface area contributed by atoms with Crippen molar-refractivity contribution in [1.29, 1.82) is 0 Å². The molecule has 1 amide bonds. The Labute approximate surface area is 153 Å². The molecule has 6 nitrogen and oxygen atoms in total. The van der Waals surface area contributed by atoms with E-state index in [1.165, 1.54) is 6.07 Å². The Morgan fingerprint density at radius 3 is 2.69 bits per heavy atom. The first kappa shape index (κ1) is 18.4. The fraction of sp³-hybridized carbons (Fsp3) is 0.526. The molecule has 0 radical (unpaired) electrons. The topological polar surface area (TPSA) is 62.5 Å². The normalized spacial score (nSPS) is 14.7. The molecule has 0 saturated carbocycles. The van der Waals surface area contributed by atoms with Crippen molar-refractivity contribution in [3.05, 3.63) is 41.8 Å². The van der Waals surface area contributed by atoms with Crippen LogP contribution < -0.4 is 4.90 Å². The number of rotatable bonds is 7. The van der Waals surface area contributed by atoms with Gasteiger partial charge in [-0.3, -0.25) is 4.79 Å². The maximum absolute atomic E-state index is 13.9. The summed E-state index contributed by atoms with van der Waals surface area (Å²) in [6.07, 6.45) is 3.58. The van der Waals surface area contributed by atoms with Crippen LogP contribution in [0.5, 0.6) is 0 Å². The highest BCUT2D eigenvalue weighted by Crippen LogP contribution is 2.20. The van der Waals surface area contributed by atoms with Crippen molar-refractivity contribution < 1.29 is 13.7 Å². The predicted octanol–water partition coefficient (Wildman–Crippen LogP) is 2.83. The Morgan fingerprint density at radius 1 is 1.19 bits per heavy atom. The number of aryl methyl sites for hydroxylation is 2. The molecule has 26 heavy (non-hydrogen) atoms. The van der Waals surface area contributed by atoms with Crippen LogP contribution in [0.25, 0.3) is 0 Å². The van der Waals surface area contributed by atoms with Crippen LogP contribution in [-0.4, -0.2) is 47.1 Å². The molecular weight excluding hydrogens is 335 g/mol. The van der Waals surface area contributed by atoms with E-state index in [9.17, 15) is 9.18 Å². The number of amides is 1. The molecule has 7 heteroatoms. The fourth-order valence-corrected chi connectivity index (χ4v) is 3.17. The van der Waals surface area contributed by atoms with Gasteiger partial charge >= 0.3 is 0 Å². The third kappa shape index (κ3) is 4.59. The summed E-state index contributed by atoms with van der Waals surface area (Å²) in [5.74, 6) is 1.25. The SMILES string of the molecule is CCCc1noc(CCCC(=O)N2CCN(c3ccccc3F)CC2)n1. The molecule has 0 aliphatic carbocycles. The van der Waals surface area contributed by atoms with E-state index in [0.717, 1.165) is 18.7 Å². The van der Waals surface area contributed by atoms with Crippen molar-refractivity contribution in [2.24, 2.45) is 0 Å². The van der Waals surface area contributed by atoms with Gasteiger partial charge in [0.1, 0.15) is 5.82 Å². The predicted molar refractivity (Wildman–Crippen MR) is 96.4 cm³/mol. The van der Waals surface area contributed by atoms with Gasteiger partial charge in [-0.2, -0.15) is 4.98 Å². The second-order valence-electron chi connectivity index (χ2n) is 6.53. The zero-order valence-corrected chi connectivity index (χ0v) is 15.2. The molecule has 1 fully saturated rings. The van der Waals surface area contributed by atoms with E-state index in [4.69, 9.17) is 4.52 Å². The summed E-state index contributed by atoms with van der Waals surface area (Å²) in [6.45, 7) is 4.61. The lowest BCUT2D eigenvalue weighted by atomic mass is 10.2. The van der Waals surface area contributed by atoms with Crippen molar-refractivity contribution in [2.75, 3.05) is 31.1 Å². The third-order valence-corrected chi connectivity index (χ3v) is 4.59. The highest BCUT2D eigenvalue weighted by Gasteiger charge is 2.22. The Kier molecular flexibility index (Phi) is 6.20. The van der Waals surface area contributed by atoms with Gasteiger partial charge in [0.25, 0.3) is 0 Å². The van der Waals surface area contributed by atoms with Crippen LogP contribution in [-0.2, 0) is 17.6 Å². The van der Waals surface area contributed by atoms with Crippen molar-refractivity contribution >= 4 is 11.6 Å². The number of halogens is 1. The van der Waals surface area contributed by atoms with Gasteiger partial charge < -0.3 is 14.3 Å². The minimum absolute atomic E-state index is 0.131. The maximum atomic E-state index is 13.9. The van der Waals surface area contributed by atoms with E-state index in [1.807, 2.05) is 15.9 Å². The number of nitrogens with zero attached hydrogens (tertiary/aromatic N) is 4. The van der Waals surface area contributed by atoms with E-state index in [-0.39, 0.29) is 11.7 Å². The lowest BCUT2D eigenvalue weighted by Crippen LogP contribution is -2.49. The molecule has 1 aliphatic rings. The number of aromatic nitrogens is 2. The quantitative estimate of drug-likeness (QED) is 0.760. The van der Waals surface area contributed by atoms with Crippen molar-refractivity contribution in [3.63, 3.8) is 0 Å². The van der Waals surface area contributed by atoms with Crippen LogP contribution in [0.4, 0.5) is 10.1 Å². The van der Waals surface area contributed by atoms with Gasteiger partial charge in [0.05, 0.1) is 5.69 Å². The van der Waals surface area contributed by atoms with E-state index in [1.54, 1.807) is 12.1 Å². The molecule has 0 unspecified atom stereocenters. The lowest BCUT2D eigenvalue weighted by Gasteiger charge is -2.36. The second-order valence-corrected chi connectivity index (χ2v) is 6.53.